The van der Waals surface area contributed by atoms with Gasteiger partial charge in [-0.25, -0.2) is 4.79 Å². The van der Waals surface area contributed by atoms with Gasteiger partial charge in [0.25, 0.3) is 0 Å². The first-order valence-electron chi connectivity index (χ1n) is 5.23. The summed E-state index contributed by atoms with van der Waals surface area (Å²) in [7, 11) is 1.76. The van der Waals surface area contributed by atoms with Crippen LogP contribution in [0.1, 0.15) is 12.6 Å². The van der Waals surface area contributed by atoms with Gasteiger partial charge in [-0.15, -0.1) is 0 Å². The molecule has 0 aromatic carbocycles. The summed E-state index contributed by atoms with van der Waals surface area (Å²) in [5, 5.41) is 9.05. The van der Waals surface area contributed by atoms with E-state index in [9.17, 15) is 9.59 Å². The second-order valence-corrected chi connectivity index (χ2v) is 3.41. The molecule has 0 aliphatic heterocycles. The molecule has 17 heavy (non-hydrogen) atoms. The van der Waals surface area contributed by atoms with E-state index in [4.69, 9.17) is 0 Å². The number of nitrogens with zero attached hydrogens (tertiary/aromatic N) is 2. The third-order valence-corrected chi connectivity index (χ3v) is 1.96. The molecule has 0 atom stereocenters. The predicted molar refractivity (Wildman–Crippen MR) is 61.6 cm³/mol. The van der Waals surface area contributed by atoms with Crippen LogP contribution in [0.5, 0.6) is 0 Å². The zero-order valence-corrected chi connectivity index (χ0v) is 10.1. The van der Waals surface area contributed by atoms with E-state index in [0.29, 0.717) is 18.0 Å². The monoisotopic (exact) mass is 240 g/mol. The summed E-state index contributed by atoms with van der Waals surface area (Å²) in [6, 6.07) is -0.464. The number of carbonyl (C=O) groups is 2. The number of hydrogen-bond donors (Lipinski definition) is 2. The topological polar surface area (TPSA) is 85.2 Å². The summed E-state index contributed by atoms with van der Waals surface area (Å²) in [4.78, 5) is 22.4. The molecule has 1 aromatic heterocycles. The Hall–Kier alpha value is -2.05. The van der Waals surface area contributed by atoms with Crippen LogP contribution in [-0.2, 0) is 16.6 Å². The predicted octanol–water partition coefficient (Wildman–Crippen LogP) is 0.413. The van der Waals surface area contributed by atoms with Crippen molar-refractivity contribution in [2.45, 2.75) is 13.8 Å². The first-order valence-corrected chi connectivity index (χ1v) is 5.23. The number of amides is 2. The number of anilines is 1. The van der Waals surface area contributed by atoms with Gasteiger partial charge in [-0.1, -0.05) is 0 Å². The molecular weight excluding hydrogens is 224 g/mol. The number of urea groups is 1. The summed E-state index contributed by atoms with van der Waals surface area (Å²) in [6.45, 7) is 3.63. The molecule has 0 radical (unpaired) electrons. The quantitative estimate of drug-likeness (QED) is 0.746. The van der Waals surface area contributed by atoms with Crippen LogP contribution in [0.3, 0.4) is 0 Å². The molecule has 1 heterocycles. The van der Waals surface area contributed by atoms with Crippen molar-refractivity contribution < 1.29 is 14.3 Å². The maximum absolute atomic E-state index is 11.4. The maximum atomic E-state index is 11.4. The van der Waals surface area contributed by atoms with Crippen molar-refractivity contribution in [3.05, 3.63) is 11.9 Å². The Morgan fingerprint density at radius 2 is 2.24 bits per heavy atom. The molecule has 2 amide bonds. The number of nitrogens with one attached hydrogen (secondary N) is 2. The lowest BCUT2D eigenvalue weighted by atomic mass is 10.4. The van der Waals surface area contributed by atoms with E-state index in [-0.39, 0.29) is 6.54 Å². The Bertz CT molecular complexity index is 414. The first-order chi connectivity index (χ1) is 8.02. The second-order valence-electron chi connectivity index (χ2n) is 3.41. The van der Waals surface area contributed by atoms with Crippen LogP contribution in [0.15, 0.2) is 6.20 Å². The molecule has 0 saturated heterocycles. The second kappa shape index (κ2) is 5.88. The maximum Gasteiger partial charge on any atom is 0.325 e. The fourth-order valence-electron chi connectivity index (χ4n) is 1.25. The molecule has 0 aliphatic rings. The Kier molecular flexibility index (Phi) is 4.50. The van der Waals surface area contributed by atoms with E-state index >= 15 is 0 Å². The van der Waals surface area contributed by atoms with Gasteiger partial charge in [-0.2, -0.15) is 5.10 Å². The van der Waals surface area contributed by atoms with Crippen molar-refractivity contribution in [1.82, 2.24) is 15.1 Å². The number of rotatable bonds is 4. The highest BCUT2D eigenvalue weighted by molar-refractivity contribution is 5.91. The van der Waals surface area contributed by atoms with Crippen molar-refractivity contribution in [2.24, 2.45) is 7.05 Å². The average Bonchev–Trinajstić information content (AvgIpc) is 2.55. The molecule has 0 fully saturated rings. The molecule has 0 aliphatic carbocycles. The molecule has 1 aromatic rings. The Labute approximate surface area is 99.1 Å². The zero-order chi connectivity index (χ0) is 12.8. The van der Waals surface area contributed by atoms with Gasteiger partial charge >= 0.3 is 12.0 Å². The minimum Gasteiger partial charge on any atom is -0.465 e. The highest BCUT2D eigenvalue weighted by Crippen LogP contribution is 2.10. The van der Waals surface area contributed by atoms with Crippen LogP contribution in [0, 0.1) is 6.92 Å². The molecule has 7 heteroatoms. The lowest BCUT2D eigenvalue weighted by Crippen LogP contribution is -2.34. The Morgan fingerprint density at radius 1 is 1.53 bits per heavy atom. The smallest absolute Gasteiger partial charge is 0.325 e. The zero-order valence-electron chi connectivity index (χ0n) is 10.1. The fourth-order valence-corrected chi connectivity index (χ4v) is 1.25. The van der Waals surface area contributed by atoms with E-state index in [2.05, 4.69) is 20.5 Å². The minimum atomic E-state index is -0.467. The van der Waals surface area contributed by atoms with Gasteiger partial charge in [0, 0.05) is 13.2 Å². The van der Waals surface area contributed by atoms with Gasteiger partial charge < -0.3 is 15.4 Å². The molecule has 7 nitrogen and oxygen atoms in total. The van der Waals surface area contributed by atoms with Crippen LogP contribution in [-0.4, -0.2) is 34.9 Å². The highest BCUT2D eigenvalue weighted by atomic mass is 16.5. The van der Waals surface area contributed by atoms with Gasteiger partial charge in [0.1, 0.15) is 6.54 Å². The van der Waals surface area contributed by atoms with Crippen molar-refractivity contribution in [3.8, 4) is 0 Å². The molecule has 94 valence electrons. The average molecular weight is 240 g/mol. The molecule has 0 spiro atoms. The van der Waals surface area contributed by atoms with Crippen molar-refractivity contribution >= 4 is 17.7 Å². The fraction of sp³-hybridized carbons (Fsp3) is 0.500. The SMILES string of the molecule is CCOC(=O)CNC(=O)Nc1cn(C)nc1C. The van der Waals surface area contributed by atoms with Crippen LogP contribution < -0.4 is 10.6 Å². The highest BCUT2D eigenvalue weighted by Gasteiger charge is 2.09. The van der Waals surface area contributed by atoms with Crippen LogP contribution in [0.2, 0.25) is 0 Å². The molecule has 0 bridgehead atoms. The van der Waals surface area contributed by atoms with E-state index in [0.717, 1.165) is 0 Å². The number of aromatic nitrogens is 2. The van der Waals surface area contributed by atoms with Crippen LogP contribution >= 0.6 is 0 Å². The summed E-state index contributed by atoms with van der Waals surface area (Å²) in [5.41, 5.74) is 1.31. The molecule has 1 rings (SSSR count). The number of carbonyl (C=O) groups excluding carboxylic acids is 2. The lowest BCUT2D eigenvalue weighted by Gasteiger charge is -2.05. The summed E-state index contributed by atoms with van der Waals surface area (Å²) >= 11 is 0. The van der Waals surface area contributed by atoms with Gasteiger partial charge in [0.05, 0.1) is 18.0 Å². The standard InChI is InChI=1S/C10H16N4O3/c1-4-17-9(15)5-11-10(16)12-8-6-14(3)13-7(8)2/h6H,4-5H2,1-3H3,(H2,11,12,16). The molecular formula is C10H16N4O3. The van der Waals surface area contributed by atoms with Crippen LogP contribution in [0.4, 0.5) is 10.5 Å². The van der Waals surface area contributed by atoms with Gasteiger partial charge in [-0.05, 0) is 13.8 Å². The minimum absolute atomic E-state index is 0.154. The van der Waals surface area contributed by atoms with Gasteiger partial charge in [0.15, 0.2) is 0 Å². The van der Waals surface area contributed by atoms with E-state index in [1.54, 1.807) is 31.8 Å². The third-order valence-electron chi connectivity index (χ3n) is 1.96. The van der Waals surface area contributed by atoms with Crippen molar-refractivity contribution in [1.29, 1.82) is 0 Å². The van der Waals surface area contributed by atoms with E-state index in [1.165, 1.54) is 0 Å². The number of hydrogen-bond acceptors (Lipinski definition) is 4. The number of aryl methyl sites for hydroxylation is 2. The molecule has 2 N–H and O–H groups in total. The van der Waals surface area contributed by atoms with Crippen molar-refractivity contribution in [3.63, 3.8) is 0 Å². The normalized spacial score (nSPS) is 9.82. The lowest BCUT2D eigenvalue weighted by molar-refractivity contribution is -0.141. The summed E-state index contributed by atoms with van der Waals surface area (Å²) < 4.78 is 6.27. The number of esters is 1. The third kappa shape index (κ3) is 4.13. The molecule has 0 saturated carbocycles. The summed E-state index contributed by atoms with van der Waals surface area (Å²) in [5.74, 6) is -0.467. The van der Waals surface area contributed by atoms with E-state index in [1.807, 2.05) is 0 Å². The summed E-state index contributed by atoms with van der Waals surface area (Å²) in [6.07, 6.45) is 1.68. The largest absolute Gasteiger partial charge is 0.465 e. The van der Waals surface area contributed by atoms with Crippen molar-refractivity contribution in [2.75, 3.05) is 18.5 Å². The molecule has 0 unspecified atom stereocenters. The first kappa shape index (κ1) is 13.0. The van der Waals surface area contributed by atoms with Gasteiger partial charge in [0.2, 0.25) is 0 Å². The number of ether oxygens (including phenoxy) is 1. The Morgan fingerprint density at radius 3 is 2.76 bits per heavy atom. The van der Waals surface area contributed by atoms with Crippen LogP contribution in [0.25, 0.3) is 0 Å². The van der Waals surface area contributed by atoms with Gasteiger partial charge in [-0.3, -0.25) is 9.48 Å². The van der Waals surface area contributed by atoms with E-state index < -0.39 is 12.0 Å². The Balaban J connectivity index is 2.40.